The van der Waals surface area contributed by atoms with Crippen LogP contribution in [0.3, 0.4) is 0 Å². The lowest BCUT2D eigenvalue weighted by Crippen LogP contribution is -2.49. The van der Waals surface area contributed by atoms with Gasteiger partial charge in [0.1, 0.15) is 0 Å². The molecular formula is C31H37Cl2N3O3S. The van der Waals surface area contributed by atoms with E-state index in [0.717, 1.165) is 63.8 Å². The molecule has 0 unspecified atom stereocenters. The standard InChI is InChI=1S/C31H36ClN3O3S.ClH/c1-22-4-2-7-29(30(22)33)31(36)35-18-14-26(15-19-35)34-16-12-24(13-17-34)20-23-8-10-27(11-9-23)39(37,38)28-6-3-5-25(32)21-28;/h2-11,21,24,26H,12-20,33H2,1H3;1H. The van der Waals surface area contributed by atoms with E-state index in [2.05, 4.69) is 4.90 Å². The molecule has 5 rings (SSSR count). The second-order valence-corrected chi connectivity index (χ2v) is 13.2. The molecule has 9 heteroatoms. The van der Waals surface area contributed by atoms with E-state index in [-0.39, 0.29) is 23.2 Å². The Morgan fingerprint density at radius 2 is 1.55 bits per heavy atom. The molecule has 2 N–H and O–H groups in total. The number of carbonyl (C=O) groups is 1. The van der Waals surface area contributed by atoms with Gasteiger partial charge >= 0.3 is 0 Å². The number of piperidine rings is 2. The first-order valence-electron chi connectivity index (χ1n) is 13.7. The molecule has 214 valence electrons. The monoisotopic (exact) mass is 601 g/mol. The second-order valence-electron chi connectivity index (χ2n) is 10.8. The number of para-hydroxylation sites is 1. The number of hydrogen-bond donors (Lipinski definition) is 1. The molecule has 0 bridgehead atoms. The van der Waals surface area contributed by atoms with Gasteiger partial charge in [-0.3, -0.25) is 4.79 Å². The molecule has 40 heavy (non-hydrogen) atoms. The maximum Gasteiger partial charge on any atom is 0.255 e. The third kappa shape index (κ3) is 6.65. The average molecular weight is 603 g/mol. The molecule has 3 aromatic rings. The molecule has 6 nitrogen and oxygen atoms in total. The zero-order valence-electron chi connectivity index (χ0n) is 22.8. The van der Waals surface area contributed by atoms with E-state index >= 15 is 0 Å². The normalized spacial score (nSPS) is 17.4. The fraction of sp³-hybridized carbons (Fsp3) is 0.387. The van der Waals surface area contributed by atoms with Gasteiger partial charge in [0.25, 0.3) is 5.91 Å². The predicted octanol–water partition coefficient (Wildman–Crippen LogP) is 6.04. The van der Waals surface area contributed by atoms with Gasteiger partial charge in [-0.1, -0.05) is 41.9 Å². The molecule has 0 atom stereocenters. The average Bonchev–Trinajstić information content (AvgIpc) is 2.95. The summed E-state index contributed by atoms with van der Waals surface area (Å²) in [6.07, 6.45) is 5.19. The summed E-state index contributed by atoms with van der Waals surface area (Å²) in [7, 11) is -3.58. The van der Waals surface area contributed by atoms with Crippen molar-refractivity contribution in [3.8, 4) is 0 Å². The highest BCUT2D eigenvalue weighted by molar-refractivity contribution is 7.91. The van der Waals surface area contributed by atoms with Crippen molar-refractivity contribution in [2.24, 2.45) is 5.92 Å². The summed E-state index contributed by atoms with van der Waals surface area (Å²) in [5.74, 6) is 0.627. The molecule has 0 radical (unpaired) electrons. The summed E-state index contributed by atoms with van der Waals surface area (Å²) < 4.78 is 25.9. The van der Waals surface area contributed by atoms with Crippen LogP contribution < -0.4 is 5.73 Å². The number of sulfone groups is 1. The number of halogens is 2. The lowest BCUT2D eigenvalue weighted by Gasteiger charge is -2.42. The van der Waals surface area contributed by atoms with Gasteiger partial charge < -0.3 is 15.5 Å². The Morgan fingerprint density at radius 1 is 0.900 bits per heavy atom. The minimum absolute atomic E-state index is 0. The number of rotatable bonds is 6. The Kier molecular flexibility index (Phi) is 9.83. The molecule has 1 amide bonds. The number of nitrogens with two attached hydrogens (primary N) is 1. The first kappa shape index (κ1) is 30.4. The molecule has 0 saturated carbocycles. The summed E-state index contributed by atoms with van der Waals surface area (Å²) in [6, 6.07) is 19.9. The molecule has 2 aliphatic rings. The minimum Gasteiger partial charge on any atom is -0.398 e. The van der Waals surface area contributed by atoms with E-state index < -0.39 is 9.84 Å². The summed E-state index contributed by atoms with van der Waals surface area (Å²) in [6.45, 7) is 5.59. The van der Waals surface area contributed by atoms with Crippen molar-refractivity contribution in [1.82, 2.24) is 9.80 Å². The highest BCUT2D eigenvalue weighted by Gasteiger charge is 2.30. The summed E-state index contributed by atoms with van der Waals surface area (Å²) in [5, 5.41) is 0.408. The molecule has 2 fully saturated rings. The third-order valence-corrected chi connectivity index (χ3v) is 10.3. The minimum atomic E-state index is -3.58. The summed E-state index contributed by atoms with van der Waals surface area (Å²) in [4.78, 5) is 18.1. The number of benzene rings is 3. The number of amides is 1. The Morgan fingerprint density at radius 3 is 2.20 bits per heavy atom. The van der Waals surface area contributed by atoms with E-state index in [1.54, 1.807) is 30.3 Å². The first-order valence-corrected chi connectivity index (χ1v) is 15.6. The van der Waals surface area contributed by atoms with Crippen molar-refractivity contribution < 1.29 is 13.2 Å². The molecule has 0 aromatic heterocycles. The predicted molar refractivity (Wildman–Crippen MR) is 163 cm³/mol. The largest absolute Gasteiger partial charge is 0.398 e. The topological polar surface area (TPSA) is 83.7 Å². The number of likely N-dealkylation sites (tertiary alicyclic amines) is 2. The van der Waals surface area contributed by atoms with E-state index in [0.29, 0.717) is 33.1 Å². The van der Waals surface area contributed by atoms with Gasteiger partial charge in [-0.2, -0.15) is 0 Å². The molecule has 2 aliphatic heterocycles. The van der Waals surface area contributed by atoms with Gasteiger partial charge in [0.2, 0.25) is 9.84 Å². The SMILES string of the molecule is Cc1cccc(C(=O)N2CCC(N3CCC(Cc4ccc(S(=O)(=O)c5cccc(Cl)c5)cc4)CC3)CC2)c1N.Cl. The molecular weight excluding hydrogens is 565 g/mol. The fourth-order valence-corrected chi connectivity index (χ4v) is 7.46. The highest BCUT2D eigenvalue weighted by atomic mass is 35.5. The van der Waals surface area contributed by atoms with Crippen LogP contribution in [0.2, 0.25) is 5.02 Å². The lowest BCUT2D eigenvalue weighted by molar-refractivity contribution is 0.0553. The molecule has 0 aliphatic carbocycles. The Hall–Kier alpha value is -2.58. The van der Waals surface area contributed by atoms with Crippen molar-refractivity contribution in [2.75, 3.05) is 31.9 Å². The van der Waals surface area contributed by atoms with Crippen LogP contribution in [0.1, 0.15) is 47.2 Å². The van der Waals surface area contributed by atoms with Gasteiger partial charge in [-0.25, -0.2) is 8.42 Å². The Labute approximate surface area is 248 Å². The molecule has 2 heterocycles. The van der Waals surface area contributed by atoms with Crippen molar-refractivity contribution in [1.29, 1.82) is 0 Å². The van der Waals surface area contributed by atoms with Gasteiger partial charge in [-0.15, -0.1) is 12.4 Å². The van der Waals surface area contributed by atoms with Crippen LogP contribution in [-0.2, 0) is 16.3 Å². The van der Waals surface area contributed by atoms with Crippen molar-refractivity contribution >= 4 is 45.4 Å². The quantitative estimate of drug-likeness (QED) is 0.348. The number of nitrogens with zero attached hydrogens (tertiary/aromatic N) is 2. The van der Waals surface area contributed by atoms with Crippen LogP contribution in [0.5, 0.6) is 0 Å². The van der Waals surface area contributed by atoms with Crippen LogP contribution in [0, 0.1) is 12.8 Å². The number of aryl methyl sites for hydroxylation is 1. The zero-order chi connectivity index (χ0) is 27.6. The molecule has 0 spiro atoms. The summed E-state index contributed by atoms with van der Waals surface area (Å²) >= 11 is 6.00. The maximum absolute atomic E-state index is 13.0. The van der Waals surface area contributed by atoms with Crippen LogP contribution in [0.25, 0.3) is 0 Å². The zero-order valence-corrected chi connectivity index (χ0v) is 25.1. The number of carbonyl (C=O) groups excluding carboxylic acids is 1. The fourth-order valence-electron chi connectivity index (χ4n) is 5.90. The van der Waals surface area contributed by atoms with Crippen molar-refractivity contribution in [3.05, 3.63) is 88.4 Å². The summed E-state index contributed by atoms with van der Waals surface area (Å²) in [5.41, 5.74) is 9.48. The first-order chi connectivity index (χ1) is 18.7. The van der Waals surface area contributed by atoms with Crippen molar-refractivity contribution in [2.45, 2.75) is 54.9 Å². The third-order valence-electron chi connectivity index (χ3n) is 8.34. The highest BCUT2D eigenvalue weighted by Crippen LogP contribution is 2.29. The van der Waals surface area contributed by atoms with Crippen LogP contribution in [-0.4, -0.2) is 56.3 Å². The van der Waals surface area contributed by atoms with E-state index in [1.165, 1.54) is 11.6 Å². The van der Waals surface area contributed by atoms with Crippen molar-refractivity contribution in [3.63, 3.8) is 0 Å². The van der Waals surface area contributed by atoms with Gasteiger partial charge in [0.15, 0.2) is 0 Å². The van der Waals surface area contributed by atoms with Gasteiger partial charge in [0.05, 0.1) is 15.4 Å². The molecule has 3 aromatic carbocycles. The Bertz CT molecular complexity index is 1430. The molecule has 2 saturated heterocycles. The van der Waals surface area contributed by atoms with Gasteiger partial charge in [0, 0.05) is 29.8 Å². The smallest absolute Gasteiger partial charge is 0.255 e. The Balaban J connectivity index is 0.00000370. The second kappa shape index (κ2) is 12.9. The number of anilines is 1. The lowest BCUT2D eigenvalue weighted by atomic mass is 9.88. The van der Waals surface area contributed by atoms with Gasteiger partial charge in [-0.05, 0) is 106 Å². The number of nitrogen functional groups attached to an aromatic ring is 1. The van der Waals surface area contributed by atoms with E-state index in [9.17, 15) is 13.2 Å². The van der Waals surface area contributed by atoms with Crippen LogP contribution in [0.4, 0.5) is 5.69 Å². The van der Waals surface area contributed by atoms with Crippen LogP contribution >= 0.6 is 24.0 Å². The maximum atomic E-state index is 13.0. The number of hydrogen-bond acceptors (Lipinski definition) is 5. The van der Waals surface area contributed by atoms with Crippen LogP contribution in [0.15, 0.2) is 76.5 Å². The van der Waals surface area contributed by atoms with E-state index in [4.69, 9.17) is 17.3 Å². The van der Waals surface area contributed by atoms with E-state index in [1.807, 2.05) is 42.2 Å².